The molecule has 0 saturated heterocycles. The van der Waals surface area contributed by atoms with Gasteiger partial charge in [0.05, 0.1) is 22.1 Å². The predicted octanol–water partition coefficient (Wildman–Crippen LogP) is 12.2. The van der Waals surface area contributed by atoms with Gasteiger partial charge in [0.1, 0.15) is 0 Å². The first-order valence-electron chi connectivity index (χ1n) is 17.1. The van der Waals surface area contributed by atoms with Gasteiger partial charge in [-0.05, 0) is 105 Å². The highest BCUT2D eigenvalue weighted by atomic mass is 15.0. The van der Waals surface area contributed by atoms with Crippen LogP contribution in [0.4, 0.5) is 0 Å². The van der Waals surface area contributed by atoms with E-state index in [9.17, 15) is 0 Å². The Balaban J connectivity index is 1.20. The van der Waals surface area contributed by atoms with Gasteiger partial charge in [-0.2, -0.15) is 0 Å². The van der Waals surface area contributed by atoms with E-state index in [-0.39, 0.29) is 5.92 Å². The van der Waals surface area contributed by atoms with Crippen LogP contribution < -0.4 is 0 Å². The summed E-state index contributed by atoms with van der Waals surface area (Å²) in [6.45, 7) is 0. The molecule has 0 bridgehead atoms. The van der Waals surface area contributed by atoms with E-state index >= 15 is 0 Å². The zero-order chi connectivity index (χ0) is 32.1. The highest BCUT2D eigenvalue weighted by Gasteiger charge is 2.32. The molecular formula is C47H30N2. The zero-order valence-corrected chi connectivity index (χ0v) is 26.7. The van der Waals surface area contributed by atoms with E-state index in [0.717, 1.165) is 0 Å². The minimum atomic E-state index is 0.134. The standard InChI is InChI=1S/C47H30N2/c1-3-15-33(16-4-1)48-43-22-12-11-20-36(43)39-26-32(23-24-44(39)48)47-37-21-10-9-19-35(37)38-29-46-41(28-42(38)47)40-25-30-13-7-8-14-31(30)27-45(40)49(46)34-17-5-2-6-18-34/h1-29,47H. The number of hydrogen-bond acceptors (Lipinski definition) is 0. The molecule has 0 aliphatic heterocycles. The van der Waals surface area contributed by atoms with Crippen molar-refractivity contribution in [2.45, 2.75) is 5.92 Å². The van der Waals surface area contributed by atoms with E-state index in [2.05, 4.69) is 185 Å². The monoisotopic (exact) mass is 622 g/mol. The molecule has 2 heteroatoms. The topological polar surface area (TPSA) is 9.86 Å². The number of rotatable bonds is 3. The summed E-state index contributed by atoms with van der Waals surface area (Å²) in [5.74, 6) is 0.134. The Labute approximate surface area is 283 Å². The Morgan fingerprint density at radius 3 is 1.69 bits per heavy atom. The molecule has 0 N–H and O–H groups in total. The van der Waals surface area contributed by atoms with Crippen molar-refractivity contribution in [2.24, 2.45) is 0 Å². The molecule has 0 radical (unpaired) electrons. The van der Waals surface area contributed by atoms with Crippen LogP contribution >= 0.6 is 0 Å². The van der Waals surface area contributed by atoms with Crippen LogP contribution in [0.2, 0.25) is 0 Å². The van der Waals surface area contributed by atoms with Crippen molar-refractivity contribution in [3.8, 4) is 22.5 Å². The molecule has 0 amide bonds. The lowest BCUT2D eigenvalue weighted by Crippen LogP contribution is -2.00. The highest BCUT2D eigenvalue weighted by Crippen LogP contribution is 2.51. The van der Waals surface area contributed by atoms with E-state index in [0.29, 0.717) is 0 Å². The van der Waals surface area contributed by atoms with Crippen LogP contribution in [-0.4, -0.2) is 9.13 Å². The van der Waals surface area contributed by atoms with Crippen LogP contribution in [-0.2, 0) is 0 Å². The van der Waals surface area contributed by atoms with Gasteiger partial charge in [0.15, 0.2) is 0 Å². The summed E-state index contributed by atoms with van der Waals surface area (Å²) in [6, 6.07) is 65.0. The maximum absolute atomic E-state index is 2.50. The van der Waals surface area contributed by atoms with Crippen LogP contribution in [0.1, 0.15) is 22.6 Å². The first-order valence-corrected chi connectivity index (χ1v) is 17.1. The normalized spacial score (nSPS) is 13.9. The second kappa shape index (κ2) is 10.1. The van der Waals surface area contributed by atoms with E-state index in [4.69, 9.17) is 0 Å². The third-order valence-electron chi connectivity index (χ3n) is 10.7. The van der Waals surface area contributed by atoms with Gasteiger partial charge in [-0.25, -0.2) is 0 Å². The van der Waals surface area contributed by atoms with Gasteiger partial charge in [-0.3, -0.25) is 0 Å². The second-order valence-corrected chi connectivity index (χ2v) is 13.3. The number of benzene rings is 8. The Kier molecular flexibility index (Phi) is 5.47. The second-order valence-electron chi connectivity index (χ2n) is 13.3. The fourth-order valence-electron chi connectivity index (χ4n) is 8.64. The summed E-state index contributed by atoms with van der Waals surface area (Å²) in [6.07, 6.45) is 0. The van der Waals surface area contributed by atoms with E-state index < -0.39 is 0 Å². The lowest BCUT2D eigenvalue weighted by Gasteiger charge is -2.16. The molecular weight excluding hydrogens is 593 g/mol. The summed E-state index contributed by atoms with van der Waals surface area (Å²) in [5, 5.41) is 7.68. The summed E-state index contributed by atoms with van der Waals surface area (Å²) in [5.41, 5.74) is 14.0. The third kappa shape index (κ3) is 3.77. The van der Waals surface area contributed by atoms with Crippen molar-refractivity contribution >= 4 is 54.4 Å². The molecule has 1 aliphatic rings. The molecule has 0 fully saturated rings. The average molecular weight is 623 g/mol. The summed E-state index contributed by atoms with van der Waals surface area (Å²) >= 11 is 0. The molecule has 2 aromatic heterocycles. The number of fused-ring (bicyclic) bond motifs is 10. The predicted molar refractivity (Wildman–Crippen MR) is 205 cm³/mol. The van der Waals surface area contributed by atoms with Gasteiger partial charge >= 0.3 is 0 Å². The first kappa shape index (κ1) is 26.7. The van der Waals surface area contributed by atoms with Crippen LogP contribution in [0.15, 0.2) is 176 Å². The molecule has 0 spiro atoms. The Morgan fingerprint density at radius 2 is 0.898 bits per heavy atom. The van der Waals surface area contributed by atoms with Crippen molar-refractivity contribution in [1.82, 2.24) is 9.13 Å². The summed E-state index contributed by atoms with van der Waals surface area (Å²) in [4.78, 5) is 0. The summed E-state index contributed by atoms with van der Waals surface area (Å²) < 4.78 is 4.86. The minimum absolute atomic E-state index is 0.134. The van der Waals surface area contributed by atoms with Gasteiger partial charge in [-0.1, -0.05) is 109 Å². The van der Waals surface area contributed by atoms with Gasteiger partial charge in [0.25, 0.3) is 0 Å². The molecule has 8 aromatic carbocycles. The fraction of sp³-hybridized carbons (Fsp3) is 0.0213. The third-order valence-corrected chi connectivity index (χ3v) is 10.7. The summed E-state index contributed by atoms with van der Waals surface area (Å²) in [7, 11) is 0. The Hall–Kier alpha value is -6.38. The van der Waals surface area contributed by atoms with E-state index in [1.54, 1.807) is 0 Å². The average Bonchev–Trinajstić information content (AvgIpc) is 3.78. The quantitative estimate of drug-likeness (QED) is 0.186. The number of nitrogens with zero attached hydrogens (tertiary/aromatic N) is 2. The molecule has 2 heterocycles. The first-order chi connectivity index (χ1) is 24.3. The van der Waals surface area contributed by atoms with E-state index in [1.807, 2.05) is 0 Å². The molecule has 2 nitrogen and oxygen atoms in total. The van der Waals surface area contributed by atoms with Gasteiger partial charge in [0, 0.05) is 38.8 Å². The van der Waals surface area contributed by atoms with Gasteiger partial charge in [0.2, 0.25) is 0 Å². The Morgan fingerprint density at radius 1 is 0.327 bits per heavy atom. The molecule has 1 unspecified atom stereocenters. The lowest BCUT2D eigenvalue weighted by molar-refractivity contribution is 1.02. The highest BCUT2D eigenvalue weighted by molar-refractivity contribution is 6.15. The zero-order valence-electron chi connectivity index (χ0n) is 26.7. The molecule has 1 atom stereocenters. The maximum atomic E-state index is 2.50. The lowest BCUT2D eigenvalue weighted by atomic mass is 9.88. The maximum Gasteiger partial charge on any atom is 0.0547 e. The van der Waals surface area contributed by atoms with Gasteiger partial charge in [-0.15, -0.1) is 0 Å². The number of aromatic nitrogens is 2. The Bertz CT molecular complexity index is 2930. The minimum Gasteiger partial charge on any atom is -0.309 e. The van der Waals surface area contributed by atoms with E-state index in [1.165, 1.54) is 93.6 Å². The molecule has 11 rings (SSSR count). The fourth-order valence-corrected chi connectivity index (χ4v) is 8.64. The molecule has 228 valence electrons. The van der Waals surface area contributed by atoms with Crippen LogP contribution in [0, 0.1) is 0 Å². The number of hydrogen-bond donors (Lipinski definition) is 0. The smallest absolute Gasteiger partial charge is 0.0547 e. The number of para-hydroxylation sites is 3. The van der Waals surface area contributed by atoms with Crippen LogP contribution in [0.5, 0.6) is 0 Å². The molecule has 49 heavy (non-hydrogen) atoms. The largest absolute Gasteiger partial charge is 0.309 e. The van der Waals surface area contributed by atoms with Crippen LogP contribution in [0.3, 0.4) is 0 Å². The van der Waals surface area contributed by atoms with Gasteiger partial charge < -0.3 is 9.13 Å². The molecule has 0 saturated carbocycles. The van der Waals surface area contributed by atoms with Crippen molar-refractivity contribution in [3.05, 3.63) is 193 Å². The molecule has 1 aliphatic carbocycles. The van der Waals surface area contributed by atoms with Crippen molar-refractivity contribution in [1.29, 1.82) is 0 Å². The van der Waals surface area contributed by atoms with Crippen molar-refractivity contribution < 1.29 is 0 Å². The van der Waals surface area contributed by atoms with Crippen molar-refractivity contribution in [2.75, 3.05) is 0 Å². The SMILES string of the molecule is c1ccc(-n2c3ccccc3c3cc(C4c5ccccc5-c5cc6c(cc54)c4cc5ccccc5cc4n6-c4ccccc4)ccc32)cc1. The van der Waals surface area contributed by atoms with Crippen LogP contribution in [0.25, 0.3) is 76.9 Å². The van der Waals surface area contributed by atoms with Crippen molar-refractivity contribution in [3.63, 3.8) is 0 Å². The molecule has 10 aromatic rings.